The number of rotatable bonds is 3. The van der Waals surface area contributed by atoms with Crippen LogP contribution in [-0.2, 0) is 13.0 Å². The molecule has 2 aromatic rings. The Labute approximate surface area is 91.4 Å². The van der Waals surface area contributed by atoms with Gasteiger partial charge in [0.05, 0.1) is 0 Å². The second-order valence-electron chi connectivity index (χ2n) is 2.95. The summed E-state index contributed by atoms with van der Waals surface area (Å²) in [5.41, 5.74) is 0. The van der Waals surface area contributed by atoms with Crippen LogP contribution in [0.4, 0.5) is 0 Å². The van der Waals surface area contributed by atoms with Crippen molar-refractivity contribution >= 4 is 23.6 Å². The van der Waals surface area contributed by atoms with Crippen LogP contribution < -0.4 is 0 Å². The number of nitrogens with zero attached hydrogens (tertiary/aromatic N) is 2. The molecule has 0 atom stereocenters. The van der Waals surface area contributed by atoms with E-state index in [4.69, 9.17) is 12.2 Å². The Bertz CT molecular complexity index is 453. The highest BCUT2D eigenvalue weighted by atomic mass is 32.1. The van der Waals surface area contributed by atoms with Crippen LogP contribution in [0.3, 0.4) is 0 Å². The number of nitrogens with one attached hydrogen (secondary N) is 1. The van der Waals surface area contributed by atoms with Gasteiger partial charge in [-0.2, -0.15) is 5.10 Å². The summed E-state index contributed by atoms with van der Waals surface area (Å²) < 4.78 is 2.73. The van der Waals surface area contributed by atoms with Crippen molar-refractivity contribution in [1.29, 1.82) is 0 Å². The van der Waals surface area contributed by atoms with E-state index >= 15 is 0 Å². The molecule has 5 heteroatoms. The Kier molecular flexibility index (Phi) is 2.79. The van der Waals surface area contributed by atoms with Gasteiger partial charge in [-0.05, 0) is 30.6 Å². The molecule has 0 unspecified atom stereocenters. The first kappa shape index (κ1) is 9.61. The second-order valence-corrected chi connectivity index (χ2v) is 4.36. The molecule has 0 aliphatic carbocycles. The Balaban J connectivity index is 2.29. The molecular weight excluding hydrogens is 214 g/mol. The van der Waals surface area contributed by atoms with Crippen molar-refractivity contribution in [3.05, 3.63) is 33.0 Å². The number of hydrogen-bond acceptors (Lipinski definition) is 3. The van der Waals surface area contributed by atoms with Crippen LogP contribution in [0.5, 0.6) is 0 Å². The molecule has 0 aliphatic heterocycles. The van der Waals surface area contributed by atoms with Crippen molar-refractivity contribution in [3.8, 4) is 0 Å². The van der Waals surface area contributed by atoms with Gasteiger partial charge in [0.25, 0.3) is 0 Å². The van der Waals surface area contributed by atoms with E-state index in [0.29, 0.717) is 4.77 Å². The van der Waals surface area contributed by atoms with Gasteiger partial charge in [-0.25, -0.2) is 0 Å². The third-order valence-electron chi connectivity index (χ3n) is 2.07. The highest BCUT2D eigenvalue weighted by Gasteiger charge is 2.05. The monoisotopic (exact) mass is 225 g/mol. The molecular formula is C9H11N3S2. The first-order valence-corrected chi connectivity index (χ1v) is 5.76. The zero-order valence-corrected chi connectivity index (χ0v) is 9.49. The van der Waals surface area contributed by atoms with E-state index in [1.54, 1.807) is 11.3 Å². The topological polar surface area (TPSA) is 33.6 Å². The lowest BCUT2D eigenvalue weighted by Gasteiger charge is -2.00. The molecule has 0 aliphatic rings. The SMILES string of the molecule is CCn1c(Cc2cccs2)n[nH]c1=S. The van der Waals surface area contributed by atoms with Gasteiger partial charge in [0.2, 0.25) is 0 Å². The minimum Gasteiger partial charge on any atom is -0.304 e. The average Bonchev–Trinajstić information content (AvgIpc) is 2.77. The summed E-state index contributed by atoms with van der Waals surface area (Å²) in [5.74, 6) is 1.01. The van der Waals surface area contributed by atoms with Crippen molar-refractivity contribution in [2.75, 3.05) is 0 Å². The highest BCUT2D eigenvalue weighted by molar-refractivity contribution is 7.71. The molecule has 2 aromatic heterocycles. The maximum absolute atomic E-state index is 5.12. The normalized spacial score (nSPS) is 10.6. The van der Waals surface area contributed by atoms with Crippen molar-refractivity contribution in [3.63, 3.8) is 0 Å². The van der Waals surface area contributed by atoms with E-state index in [1.165, 1.54) is 4.88 Å². The van der Waals surface area contributed by atoms with E-state index in [0.717, 1.165) is 18.8 Å². The maximum Gasteiger partial charge on any atom is 0.195 e. The molecule has 0 saturated carbocycles. The minimum absolute atomic E-state index is 0.707. The molecule has 0 radical (unpaired) electrons. The van der Waals surface area contributed by atoms with E-state index in [1.807, 2.05) is 4.57 Å². The van der Waals surface area contributed by atoms with Crippen molar-refractivity contribution in [2.45, 2.75) is 19.9 Å². The zero-order valence-electron chi connectivity index (χ0n) is 7.86. The number of aromatic amines is 1. The minimum atomic E-state index is 0.707. The molecule has 0 fully saturated rings. The van der Waals surface area contributed by atoms with Gasteiger partial charge in [-0.3, -0.25) is 5.10 Å². The molecule has 2 heterocycles. The number of hydrogen-bond donors (Lipinski definition) is 1. The molecule has 0 spiro atoms. The quantitative estimate of drug-likeness (QED) is 0.815. The van der Waals surface area contributed by atoms with Crippen LogP contribution in [-0.4, -0.2) is 14.8 Å². The van der Waals surface area contributed by atoms with E-state index in [-0.39, 0.29) is 0 Å². The number of thiophene rings is 1. The van der Waals surface area contributed by atoms with Gasteiger partial charge in [-0.15, -0.1) is 11.3 Å². The highest BCUT2D eigenvalue weighted by Crippen LogP contribution is 2.13. The molecule has 74 valence electrons. The third kappa shape index (κ3) is 1.78. The first-order valence-electron chi connectivity index (χ1n) is 4.47. The fourth-order valence-corrected chi connectivity index (χ4v) is 2.36. The Hall–Kier alpha value is -0.940. The first-order chi connectivity index (χ1) is 6.81. The lowest BCUT2D eigenvalue weighted by Crippen LogP contribution is -2.01. The molecule has 0 bridgehead atoms. The summed E-state index contributed by atoms with van der Waals surface area (Å²) >= 11 is 6.86. The number of H-pyrrole nitrogens is 1. The molecule has 14 heavy (non-hydrogen) atoms. The maximum atomic E-state index is 5.12. The predicted molar refractivity (Wildman–Crippen MR) is 60.2 cm³/mol. The summed E-state index contributed by atoms with van der Waals surface area (Å²) in [6, 6.07) is 4.17. The summed E-state index contributed by atoms with van der Waals surface area (Å²) in [7, 11) is 0. The number of aromatic nitrogens is 3. The molecule has 2 rings (SSSR count). The van der Waals surface area contributed by atoms with Crippen LogP contribution >= 0.6 is 23.6 Å². The van der Waals surface area contributed by atoms with Crippen LogP contribution in [0.1, 0.15) is 17.6 Å². The van der Waals surface area contributed by atoms with Crippen LogP contribution in [0.25, 0.3) is 0 Å². The summed E-state index contributed by atoms with van der Waals surface area (Å²) in [6.07, 6.45) is 0.860. The standard InChI is InChI=1S/C9H11N3S2/c1-2-12-8(10-11-9(12)13)6-7-4-3-5-14-7/h3-5H,2,6H2,1H3,(H,11,13). The molecule has 1 N–H and O–H groups in total. The largest absolute Gasteiger partial charge is 0.304 e. The fraction of sp³-hybridized carbons (Fsp3) is 0.333. The Morgan fingerprint density at radius 3 is 3.14 bits per heavy atom. The van der Waals surface area contributed by atoms with Gasteiger partial charge >= 0.3 is 0 Å². The Morgan fingerprint density at radius 2 is 2.50 bits per heavy atom. The molecule has 0 saturated heterocycles. The van der Waals surface area contributed by atoms with E-state index < -0.39 is 0 Å². The zero-order chi connectivity index (χ0) is 9.97. The van der Waals surface area contributed by atoms with Crippen molar-refractivity contribution in [2.24, 2.45) is 0 Å². The smallest absolute Gasteiger partial charge is 0.195 e. The molecule has 3 nitrogen and oxygen atoms in total. The van der Waals surface area contributed by atoms with Gasteiger partial charge in [0.1, 0.15) is 5.82 Å². The Morgan fingerprint density at radius 1 is 1.64 bits per heavy atom. The second kappa shape index (κ2) is 4.06. The van der Waals surface area contributed by atoms with Crippen LogP contribution in [0.15, 0.2) is 17.5 Å². The van der Waals surface area contributed by atoms with Crippen LogP contribution in [0.2, 0.25) is 0 Å². The van der Waals surface area contributed by atoms with Gasteiger partial charge in [0.15, 0.2) is 4.77 Å². The van der Waals surface area contributed by atoms with Crippen LogP contribution in [0, 0.1) is 4.77 Å². The average molecular weight is 225 g/mol. The van der Waals surface area contributed by atoms with E-state index in [2.05, 4.69) is 34.6 Å². The lowest BCUT2D eigenvalue weighted by atomic mass is 10.3. The van der Waals surface area contributed by atoms with Gasteiger partial charge in [-0.1, -0.05) is 6.07 Å². The molecule has 0 aromatic carbocycles. The fourth-order valence-electron chi connectivity index (χ4n) is 1.38. The van der Waals surface area contributed by atoms with Crippen molar-refractivity contribution < 1.29 is 0 Å². The summed E-state index contributed by atoms with van der Waals surface area (Å²) in [4.78, 5) is 1.31. The summed E-state index contributed by atoms with van der Waals surface area (Å²) in [6.45, 7) is 2.94. The lowest BCUT2D eigenvalue weighted by molar-refractivity contribution is 0.705. The van der Waals surface area contributed by atoms with Crippen molar-refractivity contribution in [1.82, 2.24) is 14.8 Å². The predicted octanol–water partition coefficient (Wildman–Crippen LogP) is 2.61. The summed E-state index contributed by atoms with van der Waals surface area (Å²) in [5, 5.41) is 9.11. The third-order valence-corrected chi connectivity index (χ3v) is 3.25. The molecule has 0 amide bonds. The van der Waals surface area contributed by atoms with Gasteiger partial charge in [0, 0.05) is 17.8 Å². The van der Waals surface area contributed by atoms with E-state index in [9.17, 15) is 0 Å². The van der Waals surface area contributed by atoms with Gasteiger partial charge < -0.3 is 4.57 Å².